The van der Waals surface area contributed by atoms with Gasteiger partial charge in [-0.05, 0) is 55.7 Å². The maximum atomic E-state index is 12.4. The Labute approximate surface area is 179 Å². The predicted octanol–water partition coefficient (Wildman–Crippen LogP) is 2.47. The summed E-state index contributed by atoms with van der Waals surface area (Å²) in [5.74, 6) is 1.20. The number of piperidine rings is 1. The number of thioether (sulfide) groups is 1. The molecule has 2 saturated heterocycles. The molecule has 4 unspecified atom stereocenters. The fourth-order valence-electron chi connectivity index (χ4n) is 4.41. The van der Waals surface area contributed by atoms with Gasteiger partial charge in [-0.3, -0.25) is 4.90 Å². The SMILES string of the molecule is CCN1C(NCC2CCCS2)CC(S(C)(=O)=O)CC1c1ccc(S(C)(=O)=O)cc1. The Balaban J connectivity index is 1.85. The standard InChI is InChI=1S/C20H32N2O4S3/c1-4-22-19(15-7-9-17(10-8-15)28(2,23)24)12-18(29(3,25)26)13-20(22)21-14-16-6-5-11-27-16/h7-10,16,18-21H,4-6,11-14H2,1-3H3. The van der Waals surface area contributed by atoms with Crippen molar-refractivity contribution in [2.45, 2.75) is 60.2 Å². The second kappa shape index (κ2) is 9.26. The molecule has 164 valence electrons. The van der Waals surface area contributed by atoms with Crippen LogP contribution in [0, 0.1) is 0 Å². The minimum Gasteiger partial charge on any atom is -0.301 e. The molecule has 0 bridgehead atoms. The molecule has 3 rings (SSSR count). The maximum Gasteiger partial charge on any atom is 0.175 e. The van der Waals surface area contributed by atoms with Crippen molar-refractivity contribution in [2.75, 3.05) is 31.4 Å². The summed E-state index contributed by atoms with van der Waals surface area (Å²) in [7, 11) is -6.42. The lowest BCUT2D eigenvalue weighted by molar-refractivity contribution is 0.0694. The van der Waals surface area contributed by atoms with Crippen LogP contribution in [-0.4, -0.2) is 69.8 Å². The van der Waals surface area contributed by atoms with Crippen LogP contribution in [0.4, 0.5) is 0 Å². The minimum atomic E-state index is -3.26. The van der Waals surface area contributed by atoms with E-state index in [4.69, 9.17) is 0 Å². The van der Waals surface area contributed by atoms with E-state index in [1.807, 2.05) is 23.9 Å². The molecule has 0 spiro atoms. The van der Waals surface area contributed by atoms with Crippen molar-refractivity contribution >= 4 is 31.4 Å². The van der Waals surface area contributed by atoms with Gasteiger partial charge in [0.25, 0.3) is 0 Å². The van der Waals surface area contributed by atoms with Gasteiger partial charge in [0.15, 0.2) is 9.84 Å². The molecule has 0 radical (unpaired) electrons. The first-order chi connectivity index (χ1) is 13.6. The molecule has 0 aliphatic carbocycles. The summed E-state index contributed by atoms with van der Waals surface area (Å²) in [6.07, 6.45) is 6.09. The van der Waals surface area contributed by atoms with Crippen LogP contribution in [0.1, 0.15) is 44.2 Å². The third-order valence-electron chi connectivity index (χ3n) is 6.04. The molecule has 1 aromatic carbocycles. The van der Waals surface area contributed by atoms with Crippen molar-refractivity contribution in [3.63, 3.8) is 0 Å². The number of likely N-dealkylation sites (tertiary alicyclic amines) is 1. The first-order valence-corrected chi connectivity index (χ1v) is 15.1. The number of nitrogens with zero attached hydrogens (tertiary/aromatic N) is 1. The lowest BCUT2D eigenvalue weighted by Gasteiger charge is -2.45. The second-order valence-corrected chi connectivity index (χ2v) is 13.9. The molecule has 1 aromatic rings. The Morgan fingerprint density at radius 2 is 1.79 bits per heavy atom. The highest BCUT2D eigenvalue weighted by atomic mass is 32.2. The molecular formula is C20H32N2O4S3. The van der Waals surface area contributed by atoms with Gasteiger partial charge >= 0.3 is 0 Å². The Morgan fingerprint density at radius 3 is 2.31 bits per heavy atom. The highest BCUT2D eigenvalue weighted by Crippen LogP contribution is 2.37. The molecule has 2 fully saturated rings. The fourth-order valence-corrected chi connectivity index (χ4v) is 7.32. The average Bonchev–Trinajstić information content (AvgIpc) is 3.18. The average molecular weight is 461 g/mol. The molecule has 29 heavy (non-hydrogen) atoms. The maximum absolute atomic E-state index is 12.4. The van der Waals surface area contributed by atoms with E-state index in [2.05, 4.69) is 17.1 Å². The molecular weight excluding hydrogens is 428 g/mol. The van der Waals surface area contributed by atoms with Crippen LogP contribution >= 0.6 is 11.8 Å². The van der Waals surface area contributed by atoms with E-state index < -0.39 is 24.9 Å². The van der Waals surface area contributed by atoms with Crippen LogP contribution in [-0.2, 0) is 19.7 Å². The van der Waals surface area contributed by atoms with Crippen molar-refractivity contribution < 1.29 is 16.8 Å². The van der Waals surface area contributed by atoms with E-state index in [0.717, 1.165) is 18.7 Å². The van der Waals surface area contributed by atoms with Crippen molar-refractivity contribution in [3.8, 4) is 0 Å². The molecule has 0 saturated carbocycles. The topological polar surface area (TPSA) is 83.6 Å². The molecule has 0 aromatic heterocycles. The van der Waals surface area contributed by atoms with Crippen LogP contribution < -0.4 is 5.32 Å². The molecule has 2 aliphatic heterocycles. The third kappa shape index (κ3) is 5.76. The molecule has 9 heteroatoms. The highest BCUT2D eigenvalue weighted by molar-refractivity contribution is 8.00. The number of nitrogens with one attached hydrogen (secondary N) is 1. The summed E-state index contributed by atoms with van der Waals surface area (Å²) in [4.78, 5) is 2.62. The van der Waals surface area contributed by atoms with Crippen molar-refractivity contribution in [3.05, 3.63) is 29.8 Å². The summed E-state index contributed by atoms with van der Waals surface area (Å²) >= 11 is 1.99. The summed E-state index contributed by atoms with van der Waals surface area (Å²) in [5.41, 5.74) is 0.967. The van der Waals surface area contributed by atoms with Crippen LogP contribution in [0.5, 0.6) is 0 Å². The lowest BCUT2D eigenvalue weighted by atomic mass is 9.93. The summed E-state index contributed by atoms with van der Waals surface area (Å²) < 4.78 is 48.4. The van der Waals surface area contributed by atoms with Crippen LogP contribution in [0.2, 0.25) is 0 Å². The Morgan fingerprint density at radius 1 is 1.10 bits per heavy atom. The second-order valence-electron chi connectivity index (χ2n) is 8.17. The van der Waals surface area contributed by atoms with E-state index in [-0.39, 0.29) is 17.1 Å². The Bertz CT molecular complexity index is 894. The van der Waals surface area contributed by atoms with Crippen molar-refractivity contribution in [1.29, 1.82) is 0 Å². The molecule has 1 N–H and O–H groups in total. The first kappa shape index (κ1) is 23.1. The van der Waals surface area contributed by atoms with E-state index in [9.17, 15) is 16.8 Å². The normalized spacial score (nSPS) is 29.2. The van der Waals surface area contributed by atoms with Gasteiger partial charge in [0.2, 0.25) is 0 Å². The zero-order chi connectivity index (χ0) is 21.2. The largest absolute Gasteiger partial charge is 0.301 e. The minimum absolute atomic E-state index is 0.00532. The van der Waals surface area contributed by atoms with Gasteiger partial charge in [-0.2, -0.15) is 11.8 Å². The molecule has 2 aliphatic rings. The first-order valence-electron chi connectivity index (χ1n) is 10.2. The molecule has 0 amide bonds. The van der Waals surface area contributed by atoms with Gasteiger partial charge in [-0.25, -0.2) is 16.8 Å². The predicted molar refractivity (Wildman–Crippen MR) is 120 cm³/mol. The smallest absolute Gasteiger partial charge is 0.175 e. The summed E-state index contributed by atoms with van der Waals surface area (Å²) in [6.45, 7) is 3.78. The fraction of sp³-hybridized carbons (Fsp3) is 0.700. The van der Waals surface area contributed by atoms with Crippen LogP contribution in [0.3, 0.4) is 0 Å². The third-order valence-corrected chi connectivity index (χ3v) is 10.2. The Kier molecular flexibility index (Phi) is 7.36. The van der Waals surface area contributed by atoms with E-state index in [0.29, 0.717) is 18.1 Å². The van der Waals surface area contributed by atoms with Gasteiger partial charge < -0.3 is 5.32 Å². The monoisotopic (exact) mass is 460 g/mol. The van der Waals surface area contributed by atoms with Crippen LogP contribution in [0.15, 0.2) is 29.2 Å². The molecule has 2 heterocycles. The lowest BCUT2D eigenvalue weighted by Crippen LogP contribution is -2.55. The number of hydrogen-bond acceptors (Lipinski definition) is 7. The van der Waals surface area contributed by atoms with Gasteiger partial charge in [-0.15, -0.1) is 0 Å². The van der Waals surface area contributed by atoms with E-state index in [1.165, 1.54) is 31.1 Å². The van der Waals surface area contributed by atoms with Crippen molar-refractivity contribution in [2.24, 2.45) is 0 Å². The zero-order valence-electron chi connectivity index (χ0n) is 17.4. The zero-order valence-corrected chi connectivity index (χ0v) is 19.8. The van der Waals surface area contributed by atoms with Crippen LogP contribution in [0.25, 0.3) is 0 Å². The van der Waals surface area contributed by atoms with Crippen molar-refractivity contribution in [1.82, 2.24) is 10.2 Å². The van der Waals surface area contributed by atoms with E-state index in [1.54, 1.807) is 12.1 Å². The summed E-state index contributed by atoms with van der Waals surface area (Å²) in [5, 5.41) is 3.84. The summed E-state index contributed by atoms with van der Waals surface area (Å²) in [6, 6.07) is 6.85. The number of rotatable bonds is 7. The number of hydrogen-bond donors (Lipinski definition) is 1. The number of sulfone groups is 2. The van der Waals surface area contributed by atoms with Gasteiger partial charge in [-0.1, -0.05) is 19.1 Å². The molecule has 6 nitrogen and oxygen atoms in total. The van der Waals surface area contributed by atoms with Gasteiger partial charge in [0, 0.05) is 30.3 Å². The Hall–Kier alpha value is -0.610. The highest BCUT2D eigenvalue weighted by Gasteiger charge is 2.39. The quantitative estimate of drug-likeness (QED) is 0.669. The van der Waals surface area contributed by atoms with E-state index >= 15 is 0 Å². The molecule has 4 atom stereocenters. The number of benzene rings is 1. The van der Waals surface area contributed by atoms with Gasteiger partial charge in [0.1, 0.15) is 9.84 Å². The van der Waals surface area contributed by atoms with Gasteiger partial charge in [0.05, 0.1) is 16.3 Å².